The molecule has 0 aliphatic carbocycles. The van der Waals surface area contributed by atoms with Crippen LogP contribution >= 0.6 is 0 Å². The zero-order valence-corrected chi connectivity index (χ0v) is 6.29. The van der Waals surface area contributed by atoms with E-state index in [1.165, 1.54) is 5.70 Å². The number of allylic oxidation sites excluding steroid dienone is 3. The van der Waals surface area contributed by atoms with Crippen LogP contribution in [0, 0.1) is 0 Å². The van der Waals surface area contributed by atoms with E-state index in [4.69, 9.17) is 0 Å². The predicted molar refractivity (Wildman–Crippen MR) is 40.5 cm³/mol. The Morgan fingerprint density at radius 3 is 2.80 bits per heavy atom. The van der Waals surface area contributed by atoms with Crippen molar-refractivity contribution in [2.24, 2.45) is 0 Å². The van der Waals surface area contributed by atoms with Gasteiger partial charge in [-0.15, -0.1) is 0 Å². The summed E-state index contributed by atoms with van der Waals surface area (Å²) in [5, 5.41) is 0. The molecule has 2 nitrogen and oxygen atoms in total. The monoisotopic (exact) mass is 137 g/mol. The Kier molecular flexibility index (Phi) is 1.90. The lowest BCUT2D eigenvalue weighted by molar-refractivity contribution is -0.105. The van der Waals surface area contributed by atoms with Crippen molar-refractivity contribution >= 4 is 6.29 Å². The van der Waals surface area contributed by atoms with Crippen LogP contribution in [0.15, 0.2) is 23.4 Å². The van der Waals surface area contributed by atoms with Crippen LogP contribution < -0.4 is 0 Å². The van der Waals surface area contributed by atoms with Gasteiger partial charge < -0.3 is 4.90 Å². The molecular formula is C8H11NO. The molecule has 0 radical (unpaired) electrons. The molecule has 10 heavy (non-hydrogen) atoms. The molecular weight excluding hydrogens is 126 g/mol. The van der Waals surface area contributed by atoms with E-state index in [1.807, 2.05) is 31.0 Å². The molecule has 0 atom stereocenters. The Morgan fingerprint density at radius 1 is 1.60 bits per heavy atom. The summed E-state index contributed by atoms with van der Waals surface area (Å²) in [5.74, 6) is 0. The van der Waals surface area contributed by atoms with Crippen molar-refractivity contribution in [3.05, 3.63) is 23.4 Å². The minimum atomic E-state index is 0.742. The third kappa shape index (κ3) is 1.26. The van der Waals surface area contributed by atoms with Crippen LogP contribution in [-0.4, -0.2) is 24.8 Å². The van der Waals surface area contributed by atoms with E-state index < -0.39 is 0 Å². The number of carbonyl (C=O) groups is 1. The Hall–Kier alpha value is -1.05. The Bertz CT molecular complexity index is 203. The van der Waals surface area contributed by atoms with E-state index in [0.717, 1.165) is 18.4 Å². The van der Waals surface area contributed by atoms with Gasteiger partial charge in [0.05, 0.1) is 0 Å². The topological polar surface area (TPSA) is 20.3 Å². The highest BCUT2D eigenvalue weighted by Gasteiger charge is 2.05. The van der Waals surface area contributed by atoms with Crippen molar-refractivity contribution in [1.82, 2.24) is 4.90 Å². The van der Waals surface area contributed by atoms with Gasteiger partial charge in [-0.25, -0.2) is 0 Å². The zero-order chi connectivity index (χ0) is 7.56. The number of likely N-dealkylation sites (N-methyl/N-ethyl adjacent to an activating group) is 1. The van der Waals surface area contributed by atoms with Gasteiger partial charge in [0.15, 0.2) is 0 Å². The van der Waals surface area contributed by atoms with E-state index in [1.54, 1.807) is 0 Å². The van der Waals surface area contributed by atoms with Crippen LogP contribution in [0.4, 0.5) is 0 Å². The molecule has 0 amide bonds. The van der Waals surface area contributed by atoms with Crippen LogP contribution in [0.1, 0.15) is 6.92 Å². The molecule has 1 rings (SSSR count). The second kappa shape index (κ2) is 2.69. The molecule has 54 valence electrons. The number of hydrogen-bond donors (Lipinski definition) is 0. The first-order valence-corrected chi connectivity index (χ1v) is 3.28. The van der Waals surface area contributed by atoms with Crippen molar-refractivity contribution in [1.29, 1.82) is 0 Å². The Labute approximate surface area is 60.8 Å². The molecule has 1 aliphatic rings. The molecule has 0 saturated heterocycles. The fourth-order valence-electron chi connectivity index (χ4n) is 0.883. The average Bonchev–Trinajstić information content (AvgIpc) is 1.95. The first-order chi connectivity index (χ1) is 4.74. The third-order valence-electron chi connectivity index (χ3n) is 1.71. The summed E-state index contributed by atoms with van der Waals surface area (Å²) < 4.78 is 0. The van der Waals surface area contributed by atoms with Crippen LogP contribution in [0.2, 0.25) is 0 Å². The first kappa shape index (κ1) is 7.06. The van der Waals surface area contributed by atoms with Gasteiger partial charge in [-0.3, -0.25) is 4.79 Å². The third-order valence-corrected chi connectivity index (χ3v) is 1.71. The van der Waals surface area contributed by atoms with E-state index in [9.17, 15) is 4.79 Å². The summed E-state index contributed by atoms with van der Waals surface area (Å²) in [6, 6.07) is 0. The van der Waals surface area contributed by atoms with Gasteiger partial charge in [0, 0.05) is 24.9 Å². The molecule has 0 aromatic heterocycles. The van der Waals surface area contributed by atoms with Crippen molar-refractivity contribution < 1.29 is 4.79 Å². The summed E-state index contributed by atoms with van der Waals surface area (Å²) in [7, 11) is 1.97. The van der Waals surface area contributed by atoms with E-state index in [2.05, 4.69) is 0 Å². The van der Waals surface area contributed by atoms with E-state index in [0.29, 0.717) is 0 Å². The minimum Gasteiger partial charge on any atom is -0.374 e. The Balaban J connectivity index is 2.78. The van der Waals surface area contributed by atoms with Crippen molar-refractivity contribution in [3.8, 4) is 0 Å². The molecule has 0 aromatic rings. The standard InChI is InChI=1S/C8H11NO/c1-7-3-4-8(6-10)5-9(7)2/h3-4,6H,5H2,1-2H3. The van der Waals surface area contributed by atoms with Crippen LogP contribution in [-0.2, 0) is 4.79 Å². The molecule has 1 aliphatic heterocycles. The summed E-state index contributed by atoms with van der Waals surface area (Å²) in [6.07, 6.45) is 4.72. The lowest BCUT2D eigenvalue weighted by Gasteiger charge is -2.22. The van der Waals surface area contributed by atoms with Gasteiger partial charge in [0.25, 0.3) is 0 Å². The lowest BCUT2D eigenvalue weighted by atomic mass is 10.2. The number of nitrogens with zero attached hydrogens (tertiary/aromatic N) is 1. The smallest absolute Gasteiger partial charge is 0.147 e. The Morgan fingerprint density at radius 2 is 2.30 bits per heavy atom. The molecule has 1 heterocycles. The van der Waals surface area contributed by atoms with Crippen molar-refractivity contribution in [3.63, 3.8) is 0 Å². The predicted octanol–water partition coefficient (Wildman–Crippen LogP) is 0.961. The molecule has 0 unspecified atom stereocenters. The van der Waals surface area contributed by atoms with E-state index in [-0.39, 0.29) is 0 Å². The normalized spacial score (nSPS) is 18.0. The number of aldehydes is 1. The summed E-state index contributed by atoms with van der Waals surface area (Å²) in [5.41, 5.74) is 2.04. The molecule has 0 saturated carbocycles. The van der Waals surface area contributed by atoms with Gasteiger partial charge in [-0.2, -0.15) is 0 Å². The second-order valence-electron chi connectivity index (χ2n) is 2.52. The largest absolute Gasteiger partial charge is 0.374 e. The van der Waals surface area contributed by atoms with Crippen molar-refractivity contribution in [2.75, 3.05) is 13.6 Å². The summed E-state index contributed by atoms with van der Waals surface area (Å²) in [4.78, 5) is 12.3. The summed E-state index contributed by atoms with van der Waals surface area (Å²) >= 11 is 0. The molecule has 0 aromatic carbocycles. The SMILES string of the molecule is CC1=CC=C(C=O)CN1C. The fraction of sp³-hybridized carbons (Fsp3) is 0.375. The molecule has 2 heteroatoms. The molecule has 0 spiro atoms. The van der Waals surface area contributed by atoms with Gasteiger partial charge in [-0.1, -0.05) is 6.08 Å². The minimum absolute atomic E-state index is 0.742. The van der Waals surface area contributed by atoms with Crippen molar-refractivity contribution in [2.45, 2.75) is 6.92 Å². The lowest BCUT2D eigenvalue weighted by Crippen LogP contribution is -2.21. The van der Waals surface area contributed by atoms with Gasteiger partial charge >= 0.3 is 0 Å². The highest BCUT2D eigenvalue weighted by Crippen LogP contribution is 2.09. The second-order valence-corrected chi connectivity index (χ2v) is 2.52. The number of rotatable bonds is 1. The van der Waals surface area contributed by atoms with Crippen LogP contribution in [0.5, 0.6) is 0 Å². The maximum Gasteiger partial charge on any atom is 0.147 e. The van der Waals surface area contributed by atoms with Crippen LogP contribution in [0.25, 0.3) is 0 Å². The zero-order valence-electron chi connectivity index (χ0n) is 6.29. The first-order valence-electron chi connectivity index (χ1n) is 3.28. The van der Waals surface area contributed by atoms with E-state index >= 15 is 0 Å². The maximum atomic E-state index is 10.3. The van der Waals surface area contributed by atoms with Gasteiger partial charge in [0.1, 0.15) is 6.29 Å². The average molecular weight is 137 g/mol. The quantitative estimate of drug-likeness (QED) is 0.502. The highest BCUT2D eigenvalue weighted by atomic mass is 16.1. The molecule has 0 bridgehead atoms. The van der Waals surface area contributed by atoms with Gasteiger partial charge in [-0.05, 0) is 13.0 Å². The number of hydrogen-bond acceptors (Lipinski definition) is 2. The fourth-order valence-corrected chi connectivity index (χ4v) is 0.883. The number of carbonyl (C=O) groups excluding carboxylic acids is 1. The van der Waals surface area contributed by atoms with Gasteiger partial charge in [0.2, 0.25) is 0 Å². The maximum absolute atomic E-state index is 10.3. The highest BCUT2D eigenvalue weighted by molar-refractivity contribution is 5.75. The summed E-state index contributed by atoms with van der Waals surface area (Å²) in [6.45, 7) is 2.77. The molecule has 0 fully saturated rings. The van der Waals surface area contributed by atoms with Crippen LogP contribution in [0.3, 0.4) is 0 Å². The molecule has 0 N–H and O–H groups in total.